The molecule has 6 heteroatoms. The standard InChI is InChI=1S/C13H14N2O4/c1-19-13(18)10-7-15(8-11(10)16)12(17)6-9-4-2-3-5-14-9/h2-5,10H,6-8H2,1H3. The average molecular weight is 262 g/mol. The number of rotatable bonds is 3. The van der Waals surface area contributed by atoms with Crippen LogP contribution >= 0.6 is 0 Å². The number of carbonyl (C=O) groups excluding carboxylic acids is 3. The third-order valence-corrected chi connectivity index (χ3v) is 3.04. The molecule has 1 aliphatic rings. The van der Waals surface area contributed by atoms with Gasteiger partial charge in [-0.25, -0.2) is 0 Å². The molecule has 1 aromatic heterocycles. The number of pyridine rings is 1. The number of hydrogen-bond acceptors (Lipinski definition) is 5. The van der Waals surface area contributed by atoms with Crippen LogP contribution < -0.4 is 0 Å². The van der Waals surface area contributed by atoms with Crippen LogP contribution in [-0.4, -0.2) is 47.7 Å². The van der Waals surface area contributed by atoms with Gasteiger partial charge in [-0.05, 0) is 12.1 Å². The molecule has 100 valence electrons. The second kappa shape index (κ2) is 5.60. The Morgan fingerprint density at radius 1 is 1.47 bits per heavy atom. The van der Waals surface area contributed by atoms with Gasteiger partial charge in [-0.3, -0.25) is 19.4 Å². The number of aromatic nitrogens is 1. The molecular formula is C13H14N2O4. The van der Waals surface area contributed by atoms with E-state index < -0.39 is 11.9 Å². The Labute approximate surface area is 110 Å². The van der Waals surface area contributed by atoms with Gasteiger partial charge in [-0.2, -0.15) is 0 Å². The molecule has 0 aromatic carbocycles. The largest absolute Gasteiger partial charge is 0.468 e. The van der Waals surface area contributed by atoms with Gasteiger partial charge in [0.25, 0.3) is 0 Å². The summed E-state index contributed by atoms with van der Waals surface area (Å²) in [5, 5.41) is 0. The first kappa shape index (κ1) is 13.2. The Morgan fingerprint density at radius 2 is 2.26 bits per heavy atom. The summed E-state index contributed by atoms with van der Waals surface area (Å²) in [5.41, 5.74) is 0.640. The molecule has 0 N–H and O–H groups in total. The minimum Gasteiger partial charge on any atom is -0.468 e. The van der Waals surface area contributed by atoms with Crippen LogP contribution in [0.1, 0.15) is 5.69 Å². The molecule has 0 saturated carbocycles. The second-order valence-electron chi connectivity index (χ2n) is 4.31. The molecule has 6 nitrogen and oxygen atoms in total. The van der Waals surface area contributed by atoms with Gasteiger partial charge in [-0.1, -0.05) is 6.07 Å². The van der Waals surface area contributed by atoms with Crippen molar-refractivity contribution >= 4 is 17.7 Å². The Morgan fingerprint density at radius 3 is 2.89 bits per heavy atom. The topological polar surface area (TPSA) is 76.6 Å². The van der Waals surface area contributed by atoms with Gasteiger partial charge in [0.1, 0.15) is 5.92 Å². The van der Waals surface area contributed by atoms with Gasteiger partial charge in [0, 0.05) is 18.4 Å². The highest BCUT2D eigenvalue weighted by Crippen LogP contribution is 2.15. The van der Waals surface area contributed by atoms with Crippen LogP contribution in [0.25, 0.3) is 0 Å². The molecular weight excluding hydrogens is 248 g/mol. The minimum atomic E-state index is -0.849. The van der Waals surface area contributed by atoms with E-state index in [0.29, 0.717) is 5.69 Å². The molecule has 1 atom stereocenters. The van der Waals surface area contributed by atoms with Gasteiger partial charge >= 0.3 is 5.97 Å². The van der Waals surface area contributed by atoms with E-state index >= 15 is 0 Å². The van der Waals surface area contributed by atoms with Crippen LogP contribution in [0.3, 0.4) is 0 Å². The SMILES string of the molecule is COC(=O)C1CN(C(=O)Cc2ccccn2)CC1=O. The number of esters is 1. The van der Waals surface area contributed by atoms with E-state index in [1.54, 1.807) is 24.4 Å². The molecule has 1 unspecified atom stereocenters. The molecule has 0 bridgehead atoms. The van der Waals surface area contributed by atoms with Crippen LogP contribution in [0.15, 0.2) is 24.4 Å². The average Bonchev–Trinajstić information content (AvgIpc) is 2.81. The predicted octanol–water partition coefficient (Wildman–Crippen LogP) is -0.175. The van der Waals surface area contributed by atoms with E-state index in [2.05, 4.69) is 9.72 Å². The highest BCUT2D eigenvalue weighted by molar-refractivity contribution is 6.04. The first-order valence-corrected chi connectivity index (χ1v) is 5.90. The fourth-order valence-corrected chi connectivity index (χ4v) is 1.99. The van der Waals surface area contributed by atoms with Crippen molar-refractivity contribution in [3.8, 4) is 0 Å². The van der Waals surface area contributed by atoms with Crippen molar-refractivity contribution in [1.82, 2.24) is 9.88 Å². The number of Topliss-reactive ketones (excluding diaryl/α,β-unsaturated/α-hetero) is 1. The van der Waals surface area contributed by atoms with Gasteiger partial charge in [-0.15, -0.1) is 0 Å². The number of carbonyl (C=O) groups is 3. The summed E-state index contributed by atoms with van der Waals surface area (Å²) < 4.78 is 4.54. The Kier molecular flexibility index (Phi) is 3.89. The van der Waals surface area contributed by atoms with E-state index in [4.69, 9.17) is 0 Å². The van der Waals surface area contributed by atoms with E-state index in [1.165, 1.54) is 12.0 Å². The molecule has 1 amide bonds. The molecule has 19 heavy (non-hydrogen) atoms. The number of nitrogens with zero attached hydrogens (tertiary/aromatic N) is 2. The lowest BCUT2D eigenvalue weighted by Gasteiger charge is -2.14. The van der Waals surface area contributed by atoms with Crippen molar-refractivity contribution in [3.63, 3.8) is 0 Å². The number of likely N-dealkylation sites (tertiary alicyclic amines) is 1. The summed E-state index contributed by atoms with van der Waals surface area (Å²) in [6.07, 6.45) is 1.73. The maximum atomic E-state index is 12.0. The number of amides is 1. The maximum Gasteiger partial charge on any atom is 0.318 e. The lowest BCUT2D eigenvalue weighted by atomic mass is 10.1. The van der Waals surface area contributed by atoms with Crippen LogP contribution in [0.5, 0.6) is 0 Å². The molecule has 1 aromatic rings. The van der Waals surface area contributed by atoms with Gasteiger partial charge < -0.3 is 9.64 Å². The zero-order valence-corrected chi connectivity index (χ0v) is 10.5. The van der Waals surface area contributed by atoms with Crippen LogP contribution in [-0.2, 0) is 25.5 Å². The quantitative estimate of drug-likeness (QED) is 0.558. The first-order chi connectivity index (χ1) is 9.11. The van der Waals surface area contributed by atoms with E-state index in [-0.39, 0.29) is 31.2 Å². The highest BCUT2D eigenvalue weighted by Gasteiger charge is 2.38. The lowest BCUT2D eigenvalue weighted by Crippen LogP contribution is -2.31. The van der Waals surface area contributed by atoms with Crippen molar-refractivity contribution in [1.29, 1.82) is 0 Å². The summed E-state index contributed by atoms with van der Waals surface area (Å²) in [5.74, 6) is -1.92. The van der Waals surface area contributed by atoms with Crippen molar-refractivity contribution in [2.24, 2.45) is 5.92 Å². The number of ketones is 1. The normalized spacial score (nSPS) is 18.5. The van der Waals surface area contributed by atoms with E-state index in [0.717, 1.165) is 0 Å². The van der Waals surface area contributed by atoms with Crippen LogP contribution in [0.2, 0.25) is 0 Å². The van der Waals surface area contributed by atoms with Crippen molar-refractivity contribution < 1.29 is 19.1 Å². The minimum absolute atomic E-state index is 0.0363. The summed E-state index contributed by atoms with van der Waals surface area (Å²) in [4.78, 5) is 40.4. The van der Waals surface area contributed by atoms with Gasteiger partial charge in [0.2, 0.25) is 5.91 Å². The molecule has 0 aliphatic carbocycles. The van der Waals surface area contributed by atoms with Gasteiger partial charge in [0.05, 0.1) is 20.1 Å². The molecule has 0 spiro atoms. The maximum absolute atomic E-state index is 12.0. The zero-order valence-electron chi connectivity index (χ0n) is 10.5. The van der Waals surface area contributed by atoms with E-state index in [1.807, 2.05) is 0 Å². The third kappa shape index (κ3) is 2.96. The monoisotopic (exact) mass is 262 g/mol. The molecule has 1 aliphatic heterocycles. The predicted molar refractivity (Wildman–Crippen MR) is 65.0 cm³/mol. The van der Waals surface area contributed by atoms with Gasteiger partial charge in [0.15, 0.2) is 5.78 Å². The number of ether oxygens (including phenoxy) is 1. The Bertz CT molecular complexity index is 501. The molecule has 2 rings (SSSR count). The molecule has 1 fully saturated rings. The van der Waals surface area contributed by atoms with E-state index in [9.17, 15) is 14.4 Å². The smallest absolute Gasteiger partial charge is 0.318 e. The third-order valence-electron chi connectivity index (χ3n) is 3.04. The summed E-state index contributed by atoms with van der Waals surface area (Å²) >= 11 is 0. The summed E-state index contributed by atoms with van der Waals surface area (Å²) in [7, 11) is 1.23. The summed E-state index contributed by atoms with van der Waals surface area (Å²) in [6, 6.07) is 5.30. The summed E-state index contributed by atoms with van der Waals surface area (Å²) in [6.45, 7) is 0.0581. The fourth-order valence-electron chi connectivity index (χ4n) is 1.99. The molecule has 2 heterocycles. The zero-order chi connectivity index (χ0) is 13.8. The lowest BCUT2D eigenvalue weighted by molar-refractivity contribution is -0.147. The van der Waals surface area contributed by atoms with Crippen LogP contribution in [0.4, 0.5) is 0 Å². The van der Waals surface area contributed by atoms with Crippen molar-refractivity contribution in [3.05, 3.63) is 30.1 Å². The number of hydrogen-bond donors (Lipinski definition) is 0. The highest BCUT2D eigenvalue weighted by atomic mass is 16.5. The Balaban J connectivity index is 1.98. The molecule has 1 saturated heterocycles. The second-order valence-corrected chi connectivity index (χ2v) is 4.31. The first-order valence-electron chi connectivity index (χ1n) is 5.90. The molecule has 0 radical (unpaired) electrons. The van der Waals surface area contributed by atoms with Crippen molar-refractivity contribution in [2.45, 2.75) is 6.42 Å². The fraction of sp³-hybridized carbons (Fsp3) is 0.385. The Hall–Kier alpha value is -2.24. The van der Waals surface area contributed by atoms with Crippen LogP contribution in [0, 0.1) is 5.92 Å². The number of methoxy groups -OCH3 is 1. The van der Waals surface area contributed by atoms with Crippen molar-refractivity contribution in [2.75, 3.05) is 20.2 Å².